The molecule has 1 aromatic rings. The number of rotatable bonds is 6. The lowest BCUT2D eigenvalue weighted by atomic mass is 10.1. The number of carboxylic acids is 1. The van der Waals surface area contributed by atoms with Gasteiger partial charge in [-0.2, -0.15) is 0 Å². The number of likely N-dealkylation sites (tertiary alicyclic amines) is 2. The van der Waals surface area contributed by atoms with Crippen LogP contribution in [0.25, 0.3) is 0 Å². The number of hydrogen-bond donors (Lipinski definition) is 2. The summed E-state index contributed by atoms with van der Waals surface area (Å²) in [5.74, 6) is -0.533. The van der Waals surface area contributed by atoms with Gasteiger partial charge in [-0.05, 0) is 24.1 Å². The normalized spacial score (nSPS) is 21.7. The highest BCUT2D eigenvalue weighted by Gasteiger charge is 2.40. The molecule has 2 aliphatic heterocycles. The van der Waals surface area contributed by atoms with Crippen molar-refractivity contribution in [2.24, 2.45) is 5.92 Å². The van der Waals surface area contributed by atoms with E-state index < -0.39 is 11.9 Å². The number of carbonyl (C=O) groups is 3. The van der Waals surface area contributed by atoms with Gasteiger partial charge in [0.25, 0.3) is 0 Å². The van der Waals surface area contributed by atoms with E-state index in [0.29, 0.717) is 37.6 Å². The van der Waals surface area contributed by atoms with E-state index in [0.717, 1.165) is 5.56 Å². The molecule has 28 heavy (non-hydrogen) atoms. The molecule has 2 atom stereocenters. The third-order valence-electron chi connectivity index (χ3n) is 5.29. The number of benzene rings is 1. The molecular weight excluding hydrogens is 366 g/mol. The fourth-order valence-corrected chi connectivity index (χ4v) is 3.71. The summed E-state index contributed by atoms with van der Waals surface area (Å²) in [6.45, 7) is 1.50. The number of hydrogen-bond acceptors (Lipinski definition) is 5. The van der Waals surface area contributed by atoms with Gasteiger partial charge in [-0.25, -0.2) is 4.79 Å². The van der Waals surface area contributed by atoms with Crippen molar-refractivity contribution in [2.45, 2.75) is 25.4 Å². The smallest absolute Gasteiger partial charge is 0.317 e. The van der Waals surface area contributed by atoms with Crippen molar-refractivity contribution in [3.63, 3.8) is 0 Å². The summed E-state index contributed by atoms with van der Waals surface area (Å²) in [4.78, 5) is 39.0. The SMILES string of the molecule is COc1ccc(CNC(=O)N2CCC(N3CC(C(=O)O)CC3=O)C2)cc1OC. The molecule has 0 aliphatic carbocycles. The van der Waals surface area contributed by atoms with Crippen molar-refractivity contribution in [3.8, 4) is 11.5 Å². The predicted octanol–water partition coefficient (Wildman–Crippen LogP) is 0.921. The van der Waals surface area contributed by atoms with Gasteiger partial charge >= 0.3 is 12.0 Å². The van der Waals surface area contributed by atoms with Crippen LogP contribution in [-0.2, 0) is 16.1 Å². The number of carboxylic acid groups (broad SMARTS) is 1. The fraction of sp³-hybridized carbons (Fsp3) is 0.526. The van der Waals surface area contributed by atoms with Crippen molar-refractivity contribution >= 4 is 17.9 Å². The standard InChI is InChI=1S/C19H25N3O6/c1-27-15-4-3-12(7-16(15)28-2)9-20-19(26)21-6-5-14(11-21)22-10-13(18(24)25)8-17(22)23/h3-4,7,13-14H,5-6,8-11H2,1-2H3,(H,20,26)(H,24,25). The highest BCUT2D eigenvalue weighted by Crippen LogP contribution is 2.28. The average Bonchev–Trinajstić information content (AvgIpc) is 3.32. The first-order valence-electron chi connectivity index (χ1n) is 9.19. The van der Waals surface area contributed by atoms with Gasteiger partial charge in [0.05, 0.1) is 26.2 Å². The molecule has 152 valence electrons. The lowest BCUT2D eigenvalue weighted by Gasteiger charge is -2.24. The molecule has 0 bridgehead atoms. The van der Waals surface area contributed by atoms with Crippen LogP contribution in [-0.4, -0.2) is 72.7 Å². The van der Waals surface area contributed by atoms with E-state index in [4.69, 9.17) is 14.6 Å². The van der Waals surface area contributed by atoms with Gasteiger partial charge in [0.15, 0.2) is 11.5 Å². The summed E-state index contributed by atoms with van der Waals surface area (Å²) in [5, 5.41) is 12.0. The number of amides is 3. The van der Waals surface area contributed by atoms with E-state index in [9.17, 15) is 14.4 Å². The Morgan fingerprint density at radius 1 is 1.21 bits per heavy atom. The minimum absolute atomic E-state index is 0.0390. The molecule has 2 N–H and O–H groups in total. The molecule has 2 saturated heterocycles. The van der Waals surface area contributed by atoms with Gasteiger partial charge in [-0.3, -0.25) is 9.59 Å². The Balaban J connectivity index is 1.52. The maximum Gasteiger partial charge on any atom is 0.317 e. The fourth-order valence-electron chi connectivity index (χ4n) is 3.71. The Morgan fingerprint density at radius 2 is 1.96 bits per heavy atom. The molecule has 0 aromatic heterocycles. The molecule has 2 heterocycles. The Labute approximate surface area is 163 Å². The van der Waals surface area contributed by atoms with Crippen molar-refractivity contribution in [3.05, 3.63) is 23.8 Å². The van der Waals surface area contributed by atoms with Crippen molar-refractivity contribution in [1.82, 2.24) is 15.1 Å². The summed E-state index contributed by atoms with van der Waals surface area (Å²) in [7, 11) is 3.12. The van der Waals surface area contributed by atoms with Gasteiger partial charge < -0.3 is 29.7 Å². The van der Waals surface area contributed by atoms with Crippen LogP contribution in [0.1, 0.15) is 18.4 Å². The summed E-state index contributed by atoms with van der Waals surface area (Å²) in [6, 6.07) is 5.11. The third kappa shape index (κ3) is 4.13. The largest absolute Gasteiger partial charge is 0.493 e. The summed E-state index contributed by atoms with van der Waals surface area (Å²) < 4.78 is 10.5. The molecule has 2 aliphatic rings. The van der Waals surface area contributed by atoms with E-state index in [1.807, 2.05) is 6.07 Å². The number of nitrogens with one attached hydrogen (secondary N) is 1. The maximum absolute atomic E-state index is 12.5. The second-order valence-electron chi connectivity index (χ2n) is 7.02. The number of methoxy groups -OCH3 is 2. The minimum Gasteiger partial charge on any atom is -0.493 e. The number of aliphatic carboxylic acids is 1. The van der Waals surface area contributed by atoms with E-state index in [1.165, 1.54) is 0 Å². The average molecular weight is 391 g/mol. The van der Waals surface area contributed by atoms with Crippen LogP contribution in [0.15, 0.2) is 18.2 Å². The number of ether oxygens (including phenoxy) is 2. The number of urea groups is 1. The number of nitrogens with zero attached hydrogens (tertiary/aromatic N) is 2. The topological polar surface area (TPSA) is 108 Å². The zero-order valence-corrected chi connectivity index (χ0v) is 16.0. The predicted molar refractivity (Wildman–Crippen MR) is 99.2 cm³/mol. The summed E-state index contributed by atoms with van der Waals surface area (Å²) in [5.41, 5.74) is 0.876. The zero-order chi connectivity index (χ0) is 20.3. The second-order valence-corrected chi connectivity index (χ2v) is 7.02. The first kappa shape index (κ1) is 19.8. The molecule has 0 spiro atoms. The van der Waals surface area contributed by atoms with Crippen molar-refractivity contribution in [2.75, 3.05) is 33.9 Å². The highest BCUT2D eigenvalue weighted by atomic mass is 16.5. The van der Waals surface area contributed by atoms with Gasteiger partial charge in [0, 0.05) is 32.6 Å². The zero-order valence-electron chi connectivity index (χ0n) is 16.0. The van der Waals surface area contributed by atoms with Gasteiger partial charge in [-0.1, -0.05) is 6.07 Å². The van der Waals surface area contributed by atoms with Crippen LogP contribution in [0, 0.1) is 5.92 Å². The van der Waals surface area contributed by atoms with E-state index in [-0.39, 0.29) is 30.9 Å². The monoisotopic (exact) mass is 391 g/mol. The molecule has 9 nitrogen and oxygen atoms in total. The van der Waals surface area contributed by atoms with Gasteiger partial charge in [0.2, 0.25) is 5.91 Å². The molecular formula is C19H25N3O6. The van der Waals surface area contributed by atoms with E-state index in [2.05, 4.69) is 5.32 Å². The quantitative estimate of drug-likeness (QED) is 0.747. The Morgan fingerprint density at radius 3 is 2.61 bits per heavy atom. The summed E-state index contributed by atoms with van der Waals surface area (Å²) >= 11 is 0. The van der Waals surface area contributed by atoms with E-state index in [1.54, 1.807) is 36.2 Å². The minimum atomic E-state index is -0.946. The molecule has 1 aromatic carbocycles. The van der Waals surface area contributed by atoms with Crippen LogP contribution in [0.4, 0.5) is 4.79 Å². The van der Waals surface area contributed by atoms with E-state index >= 15 is 0 Å². The molecule has 2 fully saturated rings. The Hall–Kier alpha value is -2.97. The first-order chi connectivity index (χ1) is 13.4. The van der Waals surface area contributed by atoms with Gasteiger partial charge in [0.1, 0.15) is 0 Å². The van der Waals surface area contributed by atoms with Crippen LogP contribution in [0.2, 0.25) is 0 Å². The van der Waals surface area contributed by atoms with Crippen LogP contribution < -0.4 is 14.8 Å². The summed E-state index contributed by atoms with van der Waals surface area (Å²) in [6.07, 6.45) is 0.694. The molecule has 2 unspecified atom stereocenters. The molecule has 0 radical (unpaired) electrons. The highest BCUT2D eigenvalue weighted by molar-refractivity contribution is 5.86. The van der Waals surface area contributed by atoms with Crippen LogP contribution in [0.5, 0.6) is 11.5 Å². The Kier molecular flexibility index (Phi) is 5.91. The molecule has 3 rings (SSSR count). The lowest BCUT2D eigenvalue weighted by molar-refractivity contribution is -0.141. The molecule has 9 heteroatoms. The van der Waals surface area contributed by atoms with Crippen LogP contribution >= 0.6 is 0 Å². The lowest BCUT2D eigenvalue weighted by Crippen LogP contribution is -2.42. The molecule has 3 amide bonds. The maximum atomic E-state index is 12.5. The Bertz CT molecular complexity index is 768. The first-order valence-corrected chi connectivity index (χ1v) is 9.19. The van der Waals surface area contributed by atoms with Crippen molar-refractivity contribution < 1.29 is 29.0 Å². The second kappa shape index (κ2) is 8.37. The number of carbonyl (C=O) groups excluding carboxylic acids is 2. The third-order valence-corrected chi connectivity index (χ3v) is 5.29. The molecule has 0 saturated carbocycles. The van der Waals surface area contributed by atoms with Gasteiger partial charge in [-0.15, -0.1) is 0 Å². The van der Waals surface area contributed by atoms with Crippen LogP contribution in [0.3, 0.4) is 0 Å². The van der Waals surface area contributed by atoms with Crippen molar-refractivity contribution in [1.29, 1.82) is 0 Å².